The highest BCUT2D eigenvalue weighted by atomic mass is 16.4. The summed E-state index contributed by atoms with van der Waals surface area (Å²) in [5, 5.41) is 26.5. The second kappa shape index (κ2) is 13.0. The van der Waals surface area contributed by atoms with Gasteiger partial charge in [-0.05, 0) is 23.6 Å². The van der Waals surface area contributed by atoms with Gasteiger partial charge in [0.1, 0.15) is 12.1 Å². The third kappa shape index (κ3) is 7.90. The number of fused-ring (bicyclic) bond motifs is 1. The van der Waals surface area contributed by atoms with Gasteiger partial charge in [0.15, 0.2) is 0 Å². The van der Waals surface area contributed by atoms with Gasteiger partial charge in [-0.1, -0.05) is 48.5 Å². The lowest BCUT2D eigenvalue weighted by Gasteiger charge is -2.21. The number of aromatic nitrogens is 1. The number of nitrogens with two attached hydrogens (primary N) is 1. The van der Waals surface area contributed by atoms with Gasteiger partial charge in [-0.3, -0.25) is 19.2 Å². The zero-order chi connectivity index (χ0) is 27.7. The number of aromatic amines is 1. The number of carboxylic acid groups (broad SMARTS) is 2. The number of aliphatic carboxylic acids is 2. The van der Waals surface area contributed by atoms with Crippen molar-refractivity contribution in [1.29, 1.82) is 0 Å². The van der Waals surface area contributed by atoms with Crippen molar-refractivity contribution in [3.05, 3.63) is 71.9 Å². The monoisotopic (exact) mass is 523 g/mol. The second-order valence-electron chi connectivity index (χ2n) is 8.70. The van der Waals surface area contributed by atoms with Crippen LogP contribution in [0.4, 0.5) is 0 Å². The van der Waals surface area contributed by atoms with E-state index in [1.165, 1.54) is 0 Å². The van der Waals surface area contributed by atoms with Gasteiger partial charge < -0.3 is 36.9 Å². The molecule has 3 amide bonds. The number of nitrogens with one attached hydrogen (secondary N) is 4. The smallest absolute Gasteiger partial charge is 0.326 e. The highest BCUT2D eigenvalue weighted by Gasteiger charge is 2.29. The van der Waals surface area contributed by atoms with E-state index in [0.29, 0.717) is 5.56 Å². The first-order valence-electron chi connectivity index (χ1n) is 11.8. The van der Waals surface area contributed by atoms with E-state index in [0.717, 1.165) is 16.5 Å². The van der Waals surface area contributed by atoms with E-state index in [-0.39, 0.29) is 12.8 Å². The minimum atomic E-state index is -1.57. The van der Waals surface area contributed by atoms with E-state index in [2.05, 4.69) is 20.9 Å². The molecule has 3 aromatic rings. The molecule has 0 radical (unpaired) electrons. The summed E-state index contributed by atoms with van der Waals surface area (Å²) in [4.78, 5) is 63.6. The lowest BCUT2D eigenvalue weighted by molar-refractivity contribution is -0.143. The normalized spacial score (nSPS) is 13.2. The van der Waals surface area contributed by atoms with Crippen molar-refractivity contribution in [3.63, 3.8) is 0 Å². The first-order valence-corrected chi connectivity index (χ1v) is 11.8. The summed E-state index contributed by atoms with van der Waals surface area (Å²) < 4.78 is 0. The molecule has 0 spiro atoms. The lowest BCUT2D eigenvalue weighted by Crippen LogP contribution is -2.54. The van der Waals surface area contributed by atoms with Crippen LogP contribution in [0.5, 0.6) is 0 Å². The molecule has 0 aliphatic rings. The minimum Gasteiger partial charge on any atom is -0.481 e. The number of carbonyl (C=O) groups excluding carboxylic acids is 3. The maximum Gasteiger partial charge on any atom is 0.326 e. The van der Waals surface area contributed by atoms with Gasteiger partial charge in [0, 0.05) is 23.5 Å². The molecule has 38 heavy (non-hydrogen) atoms. The van der Waals surface area contributed by atoms with Gasteiger partial charge >= 0.3 is 11.9 Å². The summed E-state index contributed by atoms with van der Waals surface area (Å²) in [7, 11) is 0. The zero-order valence-corrected chi connectivity index (χ0v) is 20.3. The Hall–Kier alpha value is -4.71. The highest BCUT2D eigenvalue weighted by Crippen LogP contribution is 2.19. The van der Waals surface area contributed by atoms with Crippen LogP contribution in [0, 0.1) is 0 Å². The van der Waals surface area contributed by atoms with Gasteiger partial charge in [0.05, 0.1) is 19.0 Å². The van der Waals surface area contributed by atoms with E-state index in [1.54, 1.807) is 42.6 Å². The number of rotatable bonds is 13. The van der Waals surface area contributed by atoms with Crippen LogP contribution in [0.2, 0.25) is 0 Å². The van der Waals surface area contributed by atoms with Crippen molar-refractivity contribution in [1.82, 2.24) is 20.9 Å². The number of hydrogen-bond acceptors (Lipinski definition) is 6. The van der Waals surface area contributed by atoms with Gasteiger partial charge in [-0.2, -0.15) is 0 Å². The molecule has 12 nitrogen and oxygen atoms in total. The first-order chi connectivity index (χ1) is 18.1. The molecule has 200 valence electrons. The predicted molar refractivity (Wildman–Crippen MR) is 137 cm³/mol. The maximum atomic E-state index is 12.8. The summed E-state index contributed by atoms with van der Waals surface area (Å²) in [6.07, 6.45) is 1.01. The Bertz CT molecular complexity index is 1310. The summed E-state index contributed by atoms with van der Waals surface area (Å²) in [5.74, 6) is -5.14. The summed E-state index contributed by atoms with van der Waals surface area (Å²) in [5.41, 5.74) is 8.14. The molecule has 8 N–H and O–H groups in total. The van der Waals surface area contributed by atoms with Crippen LogP contribution in [0.25, 0.3) is 10.9 Å². The molecule has 0 bridgehead atoms. The van der Waals surface area contributed by atoms with Crippen molar-refractivity contribution in [2.75, 3.05) is 6.54 Å². The largest absolute Gasteiger partial charge is 0.481 e. The lowest BCUT2D eigenvalue weighted by atomic mass is 10.0. The number of para-hydroxylation sites is 1. The van der Waals surface area contributed by atoms with Crippen molar-refractivity contribution in [2.45, 2.75) is 37.4 Å². The second-order valence-corrected chi connectivity index (χ2v) is 8.70. The molecule has 3 atom stereocenters. The Labute approximate surface area is 217 Å². The van der Waals surface area contributed by atoms with Crippen molar-refractivity contribution in [3.8, 4) is 0 Å². The predicted octanol–water partition coefficient (Wildman–Crippen LogP) is -0.0745. The number of hydrogen-bond donors (Lipinski definition) is 7. The molecule has 0 saturated heterocycles. The van der Waals surface area contributed by atoms with Crippen LogP contribution < -0.4 is 21.7 Å². The minimum absolute atomic E-state index is 0.0752. The van der Waals surface area contributed by atoms with Crippen LogP contribution in [0.15, 0.2) is 60.8 Å². The summed E-state index contributed by atoms with van der Waals surface area (Å²) in [6, 6.07) is 12.4. The topological polar surface area (TPSA) is 204 Å². The Balaban J connectivity index is 1.58. The Kier molecular flexibility index (Phi) is 9.54. The Morgan fingerprint density at radius 3 is 2.21 bits per heavy atom. The molecule has 3 rings (SSSR count). The SMILES string of the molecule is NC(Cc1ccccc1)C(=O)NCC(=O)NC(CC(=O)O)C(=O)NC(Cc1c[nH]c2ccccc12)C(=O)O. The fraction of sp³-hybridized carbons (Fsp3) is 0.269. The van der Waals surface area contributed by atoms with Crippen molar-refractivity contribution < 1.29 is 34.2 Å². The third-order valence-electron chi connectivity index (χ3n) is 5.80. The molecule has 3 unspecified atom stereocenters. The van der Waals surface area contributed by atoms with E-state index in [9.17, 15) is 34.2 Å². The van der Waals surface area contributed by atoms with E-state index >= 15 is 0 Å². The Morgan fingerprint density at radius 1 is 0.842 bits per heavy atom. The van der Waals surface area contributed by atoms with E-state index < -0.39 is 60.8 Å². The molecule has 0 fully saturated rings. The highest BCUT2D eigenvalue weighted by molar-refractivity contribution is 5.94. The van der Waals surface area contributed by atoms with Crippen LogP contribution in [-0.4, -0.2) is 69.5 Å². The van der Waals surface area contributed by atoms with E-state index in [4.69, 9.17) is 5.73 Å². The number of carbonyl (C=O) groups is 5. The van der Waals surface area contributed by atoms with Crippen LogP contribution in [0.1, 0.15) is 17.5 Å². The van der Waals surface area contributed by atoms with Crippen LogP contribution >= 0.6 is 0 Å². The maximum absolute atomic E-state index is 12.8. The number of benzene rings is 2. The fourth-order valence-electron chi connectivity index (χ4n) is 3.88. The van der Waals surface area contributed by atoms with Crippen molar-refractivity contribution >= 4 is 40.6 Å². The Morgan fingerprint density at radius 2 is 1.53 bits per heavy atom. The molecule has 12 heteroatoms. The van der Waals surface area contributed by atoms with Crippen LogP contribution in [-0.2, 0) is 36.8 Å². The number of carboxylic acids is 2. The first kappa shape index (κ1) is 27.9. The molecular weight excluding hydrogens is 494 g/mol. The fourth-order valence-corrected chi connectivity index (χ4v) is 3.88. The van der Waals surface area contributed by atoms with Gasteiger partial charge in [0.25, 0.3) is 0 Å². The third-order valence-corrected chi connectivity index (χ3v) is 5.80. The molecular formula is C26H29N5O7. The van der Waals surface area contributed by atoms with Crippen LogP contribution in [0.3, 0.4) is 0 Å². The number of amides is 3. The number of H-pyrrole nitrogens is 1. The zero-order valence-electron chi connectivity index (χ0n) is 20.3. The average molecular weight is 524 g/mol. The van der Waals surface area contributed by atoms with Gasteiger partial charge in [0.2, 0.25) is 17.7 Å². The van der Waals surface area contributed by atoms with E-state index in [1.807, 2.05) is 18.2 Å². The van der Waals surface area contributed by atoms with Gasteiger partial charge in [-0.15, -0.1) is 0 Å². The molecule has 1 heterocycles. The van der Waals surface area contributed by atoms with Gasteiger partial charge in [-0.25, -0.2) is 4.79 Å². The molecule has 0 saturated carbocycles. The summed E-state index contributed by atoms with van der Waals surface area (Å²) in [6.45, 7) is -0.553. The molecule has 2 aromatic carbocycles. The van der Waals surface area contributed by atoms with Crippen molar-refractivity contribution in [2.24, 2.45) is 5.73 Å². The molecule has 1 aromatic heterocycles. The summed E-state index contributed by atoms with van der Waals surface area (Å²) >= 11 is 0. The average Bonchev–Trinajstić information content (AvgIpc) is 3.29. The molecule has 0 aliphatic heterocycles. The standard InChI is InChI=1S/C26H29N5O7/c27-18(10-15-6-2-1-3-7-15)24(35)29-14-22(32)30-20(12-23(33)34)25(36)31-21(26(37)38)11-16-13-28-19-9-5-4-8-17(16)19/h1-9,13,18,20-21,28H,10-12,14,27H2,(H,29,35)(H,30,32)(H,31,36)(H,33,34)(H,37,38). The quantitative estimate of drug-likeness (QED) is 0.161. The molecule has 0 aliphatic carbocycles.